The highest BCUT2D eigenvalue weighted by Crippen LogP contribution is 2.38. The number of halogens is 1. The highest BCUT2D eigenvalue weighted by atomic mass is 79.9. The Hall–Kier alpha value is -2.27. The number of carbonyl (C=O) groups is 1. The highest BCUT2D eigenvalue weighted by Gasteiger charge is 2.30. The summed E-state index contributed by atoms with van der Waals surface area (Å²) >= 11 is 3.55. The van der Waals surface area contributed by atoms with Gasteiger partial charge in [0.15, 0.2) is 0 Å². The van der Waals surface area contributed by atoms with Crippen LogP contribution in [0.1, 0.15) is 22.9 Å². The van der Waals surface area contributed by atoms with Crippen molar-refractivity contribution in [3.63, 3.8) is 0 Å². The topological polar surface area (TPSA) is 45.3 Å². The van der Waals surface area contributed by atoms with Crippen molar-refractivity contribution in [3.05, 3.63) is 63.8 Å². The predicted molar refractivity (Wildman–Crippen MR) is 97.3 cm³/mol. The van der Waals surface area contributed by atoms with Gasteiger partial charge in [0.05, 0.1) is 13.2 Å². The molecular formula is C19H17BrN2O2. The van der Waals surface area contributed by atoms with E-state index in [9.17, 15) is 4.79 Å². The smallest absolute Gasteiger partial charge is 0.210 e. The number of hydrogen-bond donors (Lipinski definition) is 1. The fourth-order valence-electron chi connectivity index (χ4n) is 3.54. The quantitative estimate of drug-likeness (QED) is 0.692. The second-order valence-corrected chi connectivity index (χ2v) is 6.89. The van der Waals surface area contributed by atoms with Gasteiger partial charge in [0.2, 0.25) is 6.41 Å². The molecule has 5 heteroatoms. The molecule has 1 unspecified atom stereocenters. The third-order valence-corrected chi connectivity index (χ3v) is 5.19. The molecule has 4 rings (SSSR count). The molecule has 2 aromatic carbocycles. The van der Waals surface area contributed by atoms with Crippen molar-refractivity contribution < 1.29 is 9.53 Å². The normalized spacial score (nSPS) is 16.9. The minimum atomic E-state index is -0.0941. The van der Waals surface area contributed by atoms with Crippen molar-refractivity contribution in [1.82, 2.24) is 9.88 Å². The molecule has 0 bridgehead atoms. The number of nitrogens with zero attached hydrogens (tertiary/aromatic N) is 1. The van der Waals surface area contributed by atoms with Gasteiger partial charge in [0.1, 0.15) is 5.75 Å². The molecule has 0 fully saturated rings. The van der Waals surface area contributed by atoms with E-state index in [4.69, 9.17) is 4.74 Å². The Morgan fingerprint density at radius 1 is 1.25 bits per heavy atom. The third kappa shape index (κ3) is 2.40. The maximum atomic E-state index is 11.6. The lowest BCUT2D eigenvalue weighted by atomic mass is 9.93. The van der Waals surface area contributed by atoms with Crippen LogP contribution in [0, 0.1) is 0 Å². The molecule has 3 aromatic rings. The van der Waals surface area contributed by atoms with Crippen LogP contribution in [0.4, 0.5) is 0 Å². The Balaban J connectivity index is 1.88. The van der Waals surface area contributed by atoms with Gasteiger partial charge in [-0.2, -0.15) is 0 Å². The van der Waals surface area contributed by atoms with Crippen molar-refractivity contribution in [2.24, 2.45) is 0 Å². The number of H-pyrrole nitrogens is 1. The van der Waals surface area contributed by atoms with Gasteiger partial charge in [0.25, 0.3) is 0 Å². The minimum absolute atomic E-state index is 0.0941. The summed E-state index contributed by atoms with van der Waals surface area (Å²) in [6.07, 6.45) is 1.80. The summed E-state index contributed by atoms with van der Waals surface area (Å²) in [6, 6.07) is 14.1. The van der Waals surface area contributed by atoms with E-state index in [-0.39, 0.29) is 6.04 Å². The lowest BCUT2D eigenvalue weighted by molar-refractivity contribution is -0.120. The Kier molecular flexibility index (Phi) is 3.81. The zero-order valence-corrected chi connectivity index (χ0v) is 14.8. The molecule has 4 nitrogen and oxygen atoms in total. The average Bonchev–Trinajstić information content (AvgIpc) is 2.98. The fraction of sp³-hybridized carbons (Fsp3) is 0.211. The predicted octanol–water partition coefficient (Wildman–Crippen LogP) is 4.04. The van der Waals surface area contributed by atoms with E-state index in [2.05, 4.69) is 33.0 Å². The molecule has 1 amide bonds. The van der Waals surface area contributed by atoms with E-state index < -0.39 is 0 Å². The molecule has 1 aromatic heterocycles. The van der Waals surface area contributed by atoms with Crippen molar-refractivity contribution in [1.29, 1.82) is 0 Å². The number of nitrogens with one attached hydrogen (secondary N) is 1. The summed E-state index contributed by atoms with van der Waals surface area (Å²) in [5, 5.41) is 1.23. The van der Waals surface area contributed by atoms with Gasteiger partial charge in [0, 0.05) is 27.6 Å². The van der Waals surface area contributed by atoms with Crippen LogP contribution in [0.25, 0.3) is 10.9 Å². The molecule has 0 saturated heterocycles. The second kappa shape index (κ2) is 5.98. The maximum Gasteiger partial charge on any atom is 0.210 e. The number of carbonyl (C=O) groups excluding carboxylic acids is 1. The molecule has 0 spiro atoms. The largest absolute Gasteiger partial charge is 0.497 e. The highest BCUT2D eigenvalue weighted by molar-refractivity contribution is 9.10. The summed E-state index contributed by atoms with van der Waals surface area (Å²) in [7, 11) is 1.65. The van der Waals surface area contributed by atoms with Gasteiger partial charge in [-0.05, 0) is 47.9 Å². The van der Waals surface area contributed by atoms with Gasteiger partial charge >= 0.3 is 0 Å². The first-order valence-corrected chi connectivity index (χ1v) is 8.65. The number of fused-ring (bicyclic) bond motifs is 3. The van der Waals surface area contributed by atoms with Gasteiger partial charge in [-0.25, -0.2) is 0 Å². The van der Waals surface area contributed by atoms with Crippen LogP contribution in [0.5, 0.6) is 5.75 Å². The van der Waals surface area contributed by atoms with Crippen LogP contribution in [-0.4, -0.2) is 29.9 Å². The van der Waals surface area contributed by atoms with E-state index in [1.165, 1.54) is 10.9 Å². The van der Waals surface area contributed by atoms with Crippen molar-refractivity contribution in [2.75, 3.05) is 13.7 Å². The Morgan fingerprint density at radius 3 is 2.75 bits per heavy atom. The molecule has 24 heavy (non-hydrogen) atoms. The van der Waals surface area contributed by atoms with Crippen molar-refractivity contribution >= 4 is 33.2 Å². The number of amides is 1. The lowest BCUT2D eigenvalue weighted by Gasteiger charge is -2.33. The summed E-state index contributed by atoms with van der Waals surface area (Å²) in [6.45, 7) is 0.715. The first-order chi connectivity index (χ1) is 11.7. The summed E-state index contributed by atoms with van der Waals surface area (Å²) in [4.78, 5) is 17.0. The molecule has 1 N–H and O–H groups in total. The summed E-state index contributed by atoms with van der Waals surface area (Å²) < 4.78 is 6.31. The zero-order chi connectivity index (χ0) is 16.7. The number of methoxy groups -OCH3 is 1. The molecule has 1 aliphatic heterocycles. The SMILES string of the molecule is COc1ccc(C2c3[nH]c4ccc(Br)cc4c3CCN2C=O)cc1. The number of hydrogen-bond acceptors (Lipinski definition) is 2. The summed E-state index contributed by atoms with van der Waals surface area (Å²) in [5.41, 5.74) is 4.58. The molecule has 0 radical (unpaired) electrons. The molecule has 122 valence electrons. The van der Waals surface area contributed by atoms with Crippen LogP contribution < -0.4 is 4.74 Å². The number of benzene rings is 2. The Morgan fingerprint density at radius 2 is 2.04 bits per heavy atom. The first-order valence-electron chi connectivity index (χ1n) is 7.86. The summed E-state index contributed by atoms with van der Waals surface area (Å²) in [5.74, 6) is 0.813. The molecule has 2 heterocycles. The van der Waals surface area contributed by atoms with Crippen LogP contribution in [0.15, 0.2) is 46.9 Å². The Bertz CT molecular complexity index is 902. The molecule has 1 aliphatic rings. The fourth-order valence-corrected chi connectivity index (χ4v) is 3.90. The Labute approximate surface area is 148 Å². The van der Waals surface area contributed by atoms with Gasteiger partial charge < -0.3 is 14.6 Å². The second-order valence-electron chi connectivity index (χ2n) is 5.98. The molecule has 1 atom stereocenters. The van der Waals surface area contributed by atoms with Gasteiger partial charge in [-0.15, -0.1) is 0 Å². The lowest BCUT2D eigenvalue weighted by Crippen LogP contribution is -2.34. The standard InChI is InChI=1S/C19H17BrN2O2/c1-24-14-5-2-12(3-6-14)19-18-15(8-9-22(19)11-23)16-10-13(20)4-7-17(16)21-18/h2-7,10-11,19,21H,8-9H2,1H3. The number of aromatic nitrogens is 1. The van der Waals surface area contributed by atoms with E-state index in [0.717, 1.165) is 39.8 Å². The van der Waals surface area contributed by atoms with Crippen LogP contribution in [0.3, 0.4) is 0 Å². The van der Waals surface area contributed by atoms with Crippen molar-refractivity contribution in [3.8, 4) is 5.75 Å². The molecule has 0 aliphatic carbocycles. The molecule has 0 saturated carbocycles. The van der Waals surface area contributed by atoms with Crippen LogP contribution in [0.2, 0.25) is 0 Å². The van der Waals surface area contributed by atoms with E-state index in [1.807, 2.05) is 35.2 Å². The van der Waals surface area contributed by atoms with E-state index in [1.54, 1.807) is 7.11 Å². The number of rotatable bonds is 3. The average molecular weight is 385 g/mol. The zero-order valence-electron chi connectivity index (χ0n) is 13.3. The maximum absolute atomic E-state index is 11.6. The van der Waals surface area contributed by atoms with Gasteiger partial charge in [-0.3, -0.25) is 4.79 Å². The van der Waals surface area contributed by atoms with E-state index >= 15 is 0 Å². The third-order valence-electron chi connectivity index (χ3n) is 4.69. The van der Waals surface area contributed by atoms with Crippen LogP contribution >= 0.6 is 15.9 Å². The van der Waals surface area contributed by atoms with Gasteiger partial charge in [-0.1, -0.05) is 28.1 Å². The minimum Gasteiger partial charge on any atom is -0.497 e. The van der Waals surface area contributed by atoms with Crippen molar-refractivity contribution in [2.45, 2.75) is 12.5 Å². The first kappa shape index (κ1) is 15.3. The number of aromatic amines is 1. The monoisotopic (exact) mass is 384 g/mol. The van der Waals surface area contributed by atoms with Crippen LogP contribution in [-0.2, 0) is 11.2 Å². The molecular weight excluding hydrogens is 368 g/mol. The number of ether oxygens (including phenoxy) is 1. The van der Waals surface area contributed by atoms with E-state index in [0.29, 0.717) is 6.54 Å².